The van der Waals surface area contributed by atoms with Crippen LogP contribution >= 0.6 is 12.4 Å². The first kappa shape index (κ1) is 25.6. The lowest BCUT2D eigenvalue weighted by atomic mass is 9.51. The first-order valence-electron chi connectivity index (χ1n) is 10.9. The Morgan fingerprint density at radius 2 is 1.67 bits per heavy atom. The van der Waals surface area contributed by atoms with Crippen molar-refractivity contribution in [2.45, 2.75) is 50.0 Å². The van der Waals surface area contributed by atoms with Gasteiger partial charge in [0.2, 0.25) is 0 Å². The number of hydrogen-bond acceptors (Lipinski definition) is 9. The first-order chi connectivity index (χ1) is 14.9. The highest BCUT2D eigenvalue weighted by Gasteiger charge is 2.67. The summed E-state index contributed by atoms with van der Waals surface area (Å²) in [5.74, 6) is -8.63. The molecule has 11 heteroatoms. The maximum absolute atomic E-state index is 13.5. The SMILES string of the molecule is CC1C2CCCC(O)C2C(=O)C2=C(O)C3(O)C(O)=C(C(N)=O)C(=O)C(N(C)C)C3C(O)C21.Cl. The second-order valence-corrected chi connectivity index (χ2v) is 9.84. The number of hydrogen-bond donors (Lipinski definition) is 6. The molecule has 0 aliphatic heterocycles. The second-order valence-electron chi connectivity index (χ2n) is 9.84. The van der Waals surface area contributed by atoms with E-state index in [2.05, 4.69) is 0 Å². The van der Waals surface area contributed by atoms with Crippen molar-refractivity contribution in [1.82, 2.24) is 4.90 Å². The molecule has 2 fully saturated rings. The molecule has 4 aliphatic rings. The number of aliphatic hydroxyl groups is 5. The summed E-state index contributed by atoms with van der Waals surface area (Å²) in [7, 11) is 2.99. The quantitative estimate of drug-likeness (QED) is 0.276. The third-order valence-corrected chi connectivity index (χ3v) is 8.15. The largest absolute Gasteiger partial charge is 0.508 e. The van der Waals surface area contributed by atoms with Crippen LogP contribution < -0.4 is 5.73 Å². The molecule has 0 aromatic heterocycles. The Hall–Kier alpha value is -1.98. The Labute approximate surface area is 197 Å². The summed E-state index contributed by atoms with van der Waals surface area (Å²) < 4.78 is 0. The molecular formula is C22H31ClN2O8. The van der Waals surface area contributed by atoms with Crippen LogP contribution in [0, 0.1) is 29.6 Å². The summed E-state index contributed by atoms with van der Waals surface area (Å²) >= 11 is 0. The molecule has 0 spiro atoms. The molecular weight excluding hydrogens is 456 g/mol. The molecule has 4 rings (SSSR count). The fraction of sp³-hybridized carbons (Fsp3) is 0.682. The minimum Gasteiger partial charge on any atom is -0.508 e. The predicted octanol–water partition coefficient (Wildman–Crippen LogP) is -0.635. The second kappa shape index (κ2) is 8.35. The lowest BCUT2D eigenvalue weighted by Gasteiger charge is -2.56. The van der Waals surface area contributed by atoms with E-state index in [0.29, 0.717) is 19.3 Å². The van der Waals surface area contributed by atoms with Gasteiger partial charge in [0.1, 0.15) is 17.1 Å². The molecule has 9 unspecified atom stereocenters. The minimum absolute atomic E-state index is 0. The Morgan fingerprint density at radius 3 is 2.21 bits per heavy atom. The lowest BCUT2D eigenvalue weighted by molar-refractivity contribution is -0.164. The van der Waals surface area contributed by atoms with Gasteiger partial charge >= 0.3 is 0 Å². The number of carbonyl (C=O) groups excluding carboxylic acids is 3. The van der Waals surface area contributed by atoms with E-state index in [4.69, 9.17) is 5.73 Å². The molecule has 184 valence electrons. The number of aliphatic hydroxyl groups excluding tert-OH is 4. The molecule has 7 N–H and O–H groups in total. The molecule has 33 heavy (non-hydrogen) atoms. The van der Waals surface area contributed by atoms with E-state index in [0.717, 1.165) is 0 Å². The van der Waals surface area contributed by atoms with Gasteiger partial charge in [-0.3, -0.25) is 19.3 Å². The highest BCUT2D eigenvalue weighted by atomic mass is 35.5. The van der Waals surface area contributed by atoms with Crippen molar-refractivity contribution < 1.29 is 39.9 Å². The summed E-state index contributed by atoms with van der Waals surface area (Å²) in [5.41, 5.74) is 1.37. The molecule has 0 radical (unpaired) electrons. The number of halogens is 1. The predicted molar refractivity (Wildman–Crippen MR) is 117 cm³/mol. The van der Waals surface area contributed by atoms with Gasteiger partial charge in [-0.1, -0.05) is 13.3 Å². The van der Waals surface area contributed by atoms with Crippen LogP contribution in [0.2, 0.25) is 0 Å². The van der Waals surface area contributed by atoms with Crippen molar-refractivity contribution >= 4 is 29.9 Å². The molecule has 9 atom stereocenters. The van der Waals surface area contributed by atoms with E-state index in [1.165, 1.54) is 19.0 Å². The van der Waals surface area contributed by atoms with Crippen LogP contribution in [0.5, 0.6) is 0 Å². The van der Waals surface area contributed by atoms with E-state index in [1.807, 2.05) is 6.92 Å². The van der Waals surface area contributed by atoms with Crippen molar-refractivity contribution in [3.8, 4) is 0 Å². The van der Waals surface area contributed by atoms with Crippen LogP contribution in [0.25, 0.3) is 0 Å². The number of nitrogens with zero attached hydrogens (tertiary/aromatic N) is 1. The van der Waals surface area contributed by atoms with Crippen LogP contribution in [0.1, 0.15) is 26.2 Å². The topological polar surface area (TPSA) is 182 Å². The highest BCUT2D eigenvalue weighted by molar-refractivity contribution is 6.22. The van der Waals surface area contributed by atoms with Gasteiger partial charge in [0.15, 0.2) is 17.2 Å². The first-order valence-corrected chi connectivity index (χ1v) is 10.9. The zero-order valence-electron chi connectivity index (χ0n) is 18.6. The van der Waals surface area contributed by atoms with Crippen LogP contribution in [0.4, 0.5) is 0 Å². The van der Waals surface area contributed by atoms with Gasteiger partial charge in [0.25, 0.3) is 5.91 Å². The van der Waals surface area contributed by atoms with E-state index in [1.54, 1.807) is 0 Å². The van der Waals surface area contributed by atoms with Gasteiger partial charge in [-0.25, -0.2) is 0 Å². The third kappa shape index (κ3) is 3.19. The van der Waals surface area contributed by atoms with E-state index >= 15 is 0 Å². The van der Waals surface area contributed by atoms with Gasteiger partial charge in [-0.15, -0.1) is 12.4 Å². The standard InChI is InChI=1S/C22H30N2O8.ClH/c1-7-8-5-4-6-9(25)11(8)16(26)12-10(7)17(27)14-15(24(2)3)18(28)13(21(23)31)20(30)22(14,32)19(12)29;/h7-11,14-15,17,25,27,29-30,32H,4-6H2,1-3H3,(H2,23,31);1H. The Balaban J connectivity index is 0.00000306. The fourth-order valence-electron chi connectivity index (χ4n) is 6.73. The zero-order valence-corrected chi connectivity index (χ0v) is 19.5. The average molecular weight is 487 g/mol. The Bertz CT molecular complexity index is 962. The van der Waals surface area contributed by atoms with E-state index in [-0.39, 0.29) is 29.8 Å². The lowest BCUT2D eigenvalue weighted by Crippen LogP contribution is -2.69. The van der Waals surface area contributed by atoms with Gasteiger partial charge in [-0.2, -0.15) is 0 Å². The maximum atomic E-state index is 13.5. The van der Waals surface area contributed by atoms with Crippen LogP contribution in [0.3, 0.4) is 0 Å². The number of Topliss-reactive ketones (excluding diaryl/α,β-unsaturated/α-hetero) is 2. The molecule has 0 saturated heterocycles. The number of amides is 1. The van der Waals surface area contributed by atoms with Crippen molar-refractivity contribution in [3.63, 3.8) is 0 Å². The number of primary amides is 1. The average Bonchev–Trinajstić information content (AvgIpc) is 2.70. The highest BCUT2D eigenvalue weighted by Crippen LogP contribution is 2.57. The van der Waals surface area contributed by atoms with Gasteiger partial charge in [0.05, 0.1) is 30.1 Å². The van der Waals surface area contributed by atoms with Gasteiger partial charge in [-0.05, 0) is 38.8 Å². The number of likely N-dealkylation sites (N-methyl/N-ethyl adjacent to an activating group) is 1. The maximum Gasteiger partial charge on any atom is 0.255 e. The number of carbonyl (C=O) groups is 3. The Morgan fingerprint density at radius 1 is 1.06 bits per heavy atom. The molecule has 0 aromatic rings. The smallest absolute Gasteiger partial charge is 0.255 e. The minimum atomic E-state index is -2.76. The van der Waals surface area contributed by atoms with Crippen LogP contribution in [-0.4, -0.2) is 85.9 Å². The van der Waals surface area contributed by atoms with Crippen molar-refractivity contribution in [1.29, 1.82) is 0 Å². The van der Waals surface area contributed by atoms with Crippen molar-refractivity contribution in [3.05, 3.63) is 22.7 Å². The zero-order chi connectivity index (χ0) is 23.9. The molecule has 2 saturated carbocycles. The molecule has 10 nitrogen and oxygen atoms in total. The van der Waals surface area contributed by atoms with Gasteiger partial charge in [0, 0.05) is 11.5 Å². The monoisotopic (exact) mass is 486 g/mol. The van der Waals surface area contributed by atoms with E-state index < -0.39 is 76.2 Å². The fourth-order valence-corrected chi connectivity index (χ4v) is 6.73. The number of rotatable bonds is 2. The summed E-state index contributed by atoms with van der Waals surface area (Å²) in [6.45, 7) is 1.81. The molecule has 4 aliphatic carbocycles. The summed E-state index contributed by atoms with van der Waals surface area (Å²) in [6, 6.07) is -1.30. The number of fused-ring (bicyclic) bond motifs is 3. The third-order valence-electron chi connectivity index (χ3n) is 8.15. The molecule has 0 aromatic carbocycles. The summed E-state index contributed by atoms with van der Waals surface area (Å²) in [4.78, 5) is 39.9. The van der Waals surface area contributed by atoms with Crippen molar-refractivity contribution in [2.24, 2.45) is 35.3 Å². The normalized spacial score (nSPS) is 43.0. The molecule has 1 amide bonds. The Kier molecular flexibility index (Phi) is 6.49. The molecule has 0 heterocycles. The summed E-state index contributed by atoms with van der Waals surface area (Å²) in [5, 5.41) is 55.6. The number of ketones is 2. The molecule has 0 bridgehead atoms. The van der Waals surface area contributed by atoms with Crippen molar-refractivity contribution in [2.75, 3.05) is 14.1 Å². The van der Waals surface area contributed by atoms with Crippen LogP contribution in [-0.2, 0) is 14.4 Å². The summed E-state index contributed by atoms with van der Waals surface area (Å²) in [6.07, 6.45) is -0.638. The van der Waals surface area contributed by atoms with Crippen LogP contribution in [0.15, 0.2) is 22.7 Å². The van der Waals surface area contributed by atoms with E-state index in [9.17, 15) is 39.9 Å². The number of nitrogens with two attached hydrogens (primary N) is 1. The van der Waals surface area contributed by atoms with Gasteiger partial charge < -0.3 is 31.3 Å².